The lowest BCUT2D eigenvalue weighted by molar-refractivity contribution is -0.193. The first-order valence-corrected chi connectivity index (χ1v) is 6.87. The molecule has 0 spiro atoms. The van der Waals surface area contributed by atoms with Gasteiger partial charge in [-0.1, -0.05) is 51.1 Å². The summed E-state index contributed by atoms with van der Waals surface area (Å²) in [4.78, 5) is 12.6. The fourth-order valence-corrected chi connectivity index (χ4v) is 2.35. The summed E-state index contributed by atoms with van der Waals surface area (Å²) in [6.07, 6.45) is 0. The smallest absolute Gasteiger partial charge is 0.343 e. The molecule has 0 aromatic heterocycles. The third kappa shape index (κ3) is 3.19. The van der Waals surface area contributed by atoms with Gasteiger partial charge >= 0.3 is 5.97 Å². The van der Waals surface area contributed by atoms with E-state index in [2.05, 4.69) is 0 Å². The van der Waals surface area contributed by atoms with Gasteiger partial charge < -0.3 is 14.6 Å². The third-order valence-electron chi connectivity index (χ3n) is 3.21. The number of aliphatic hydroxyl groups is 1. The zero-order chi connectivity index (χ0) is 15.2. The van der Waals surface area contributed by atoms with E-state index in [1.165, 1.54) is 0 Å². The Kier molecular flexibility index (Phi) is 5.72. The number of rotatable bonds is 6. The maximum absolute atomic E-state index is 12.6. The first kappa shape index (κ1) is 16.7. The number of esters is 1. The summed E-state index contributed by atoms with van der Waals surface area (Å²) in [5.74, 6) is -0.466. The molecule has 1 unspecified atom stereocenters. The molecule has 0 saturated carbocycles. The van der Waals surface area contributed by atoms with Gasteiger partial charge in [-0.05, 0) is 12.5 Å². The van der Waals surface area contributed by atoms with Crippen LogP contribution >= 0.6 is 0 Å². The highest BCUT2D eigenvalue weighted by Gasteiger charge is 2.52. The fraction of sp³-hybridized carbons (Fsp3) is 0.562. The van der Waals surface area contributed by atoms with Gasteiger partial charge in [0.2, 0.25) is 0 Å². The predicted molar refractivity (Wildman–Crippen MR) is 77.2 cm³/mol. The maximum Gasteiger partial charge on any atom is 0.343 e. The van der Waals surface area contributed by atoms with E-state index in [1.54, 1.807) is 0 Å². The highest BCUT2D eigenvalue weighted by atomic mass is 16.6. The van der Waals surface area contributed by atoms with Crippen molar-refractivity contribution in [2.75, 3.05) is 19.8 Å². The van der Waals surface area contributed by atoms with Crippen LogP contribution in [0.3, 0.4) is 0 Å². The molecule has 0 aliphatic rings. The lowest BCUT2D eigenvalue weighted by Crippen LogP contribution is -2.50. The van der Waals surface area contributed by atoms with E-state index in [0.29, 0.717) is 6.61 Å². The van der Waals surface area contributed by atoms with Gasteiger partial charge in [0.25, 0.3) is 0 Å². The van der Waals surface area contributed by atoms with Crippen molar-refractivity contribution >= 4 is 5.97 Å². The van der Waals surface area contributed by atoms with E-state index in [1.807, 2.05) is 58.0 Å². The average Bonchev–Trinajstić information content (AvgIpc) is 2.41. The summed E-state index contributed by atoms with van der Waals surface area (Å²) in [6.45, 7) is 7.83. The number of carbonyl (C=O) groups is 1. The number of aliphatic hydroxyl groups excluding tert-OH is 1. The molecule has 4 nitrogen and oxygen atoms in total. The second-order valence-electron chi connectivity index (χ2n) is 5.59. The van der Waals surface area contributed by atoms with E-state index in [-0.39, 0.29) is 13.2 Å². The van der Waals surface area contributed by atoms with E-state index in [4.69, 9.17) is 14.6 Å². The first-order valence-electron chi connectivity index (χ1n) is 6.87. The summed E-state index contributed by atoms with van der Waals surface area (Å²) in [6, 6.07) is 9.35. The number of carbonyl (C=O) groups excluding carboxylic acids is 1. The molecule has 112 valence electrons. The lowest BCUT2D eigenvalue weighted by Gasteiger charge is -2.42. The van der Waals surface area contributed by atoms with E-state index >= 15 is 0 Å². The molecule has 1 rings (SSSR count). The second kappa shape index (κ2) is 6.86. The van der Waals surface area contributed by atoms with Crippen molar-refractivity contribution in [1.82, 2.24) is 0 Å². The summed E-state index contributed by atoms with van der Waals surface area (Å²) in [5, 5.41) is 8.87. The molecule has 0 amide bonds. The molecule has 0 heterocycles. The van der Waals surface area contributed by atoms with Crippen LogP contribution in [0.15, 0.2) is 30.3 Å². The summed E-state index contributed by atoms with van der Waals surface area (Å²) in [5.41, 5.74) is -0.910. The van der Waals surface area contributed by atoms with Gasteiger partial charge in [-0.2, -0.15) is 0 Å². The van der Waals surface area contributed by atoms with Crippen molar-refractivity contribution in [2.45, 2.75) is 33.3 Å². The highest BCUT2D eigenvalue weighted by molar-refractivity contribution is 5.82. The molecule has 4 heteroatoms. The Morgan fingerprint density at radius 2 is 1.80 bits per heavy atom. The van der Waals surface area contributed by atoms with Gasteiger partial charge in [-0.15, -0.1) is 0 Å². The second-order valence-corrected chi connectivity index (χ2v) is 5.59. The van der Waals surface area contributed by atoms with Gasteiger partial charge in [0, 0.05) is 12.0 Å². The Balaban J connectivity index is 3.33. The minimum Gasteiger partial charge on any atom is -0.461 e. The van der Waals surface area contributed by atoms with Gasteiger partial charge in [-0.25, -0.2) is 4.79 Å². The molecular formula is C16H24O4. The molecule has 1 aromatic carbocycles. The molecule has 1 aromatic rings. The maximum atomic E-state index is 12.6. The summed E-state index contributed by atoms with van der Waals surface area (Å²) < 4.78 is 11.1. The molecule has 0 radical (unpaired) electrons. The van der Waals surface area contributed by atoms with Crippen LogP contribution in [0, 0.1) is 5.41 Å². The van der Waals surface area contributed by atoms with Crippen LogP contribution in [0.5, 0.6) is 0 Å². The molecule has 1 N–H and O–H groups in total. The van der Waals surface area contributed by atoms with Crippen LogP contribution in [-0.2, 0) is 19.9 Å². The van der Waals surface area contributed by atoms with Gasteiger partial charge in [0.15, 0.2) is 5.60 Å². The van der Waals surface area contributed by atoms with Crippen LogP contribution < -0.4 is 0 Å². The van der Waals surface area contributed by atoms with Crippen LogP contribution in [0.25, 0.3) is 0 Å². The Bertz CT molecular complexity index is 422. The molecule has 1 atom stereocenters. The van der Waals surface area contributed by atoms with Gasteiger partial charge in [0.1, 0.15) is 6.61 Å². The third-order valence-corrected chi connectivity index (χ3v) is 3.21. The SMILES string of the molecule is CCOC(C(=O)OCCO)(c1ccccc1)C(C)(C)C. The predicted octanol–water partition coefficient (Wildman–Crippen LogP) is 2.50. The molecule has 0 aliphatic carbocycles. The van der Waals surface area contributed by atoms with Crippen molar-refractivity contribution in [1.29, 1.82) is 0 Å². The first-order chi connectivity index (χ1) is 9.40. The largest absolute Gasteiger partial charge is 0.461 e. The van der Waals surface area contributed by atoms with Crippen LogP contribution in [0.4, 0.5) is 0 Å². The zero-order valence-corrected chi connectivity index (χ0v) is 12.7. The van der Waals surface area contributed by atoms with Crippen LogP contribution in [0.1, 0.15) is 33.3 Å². The van der Waals surface area contributed by atoms with E-state index in [9.17, 15) is 4.79 Å². The fourth-order valence-electron chi connectivity index (χ4n) is 2.35. The average molecular weight is 280 g/mol. The van der Waals surface area contributed by atoms with E-state index in [0.717, 1.165) is 5.56 Å². The molecule has 0 fully saturated rings. The van der Waals surface area contributed by atoms with E-state index < -0.39 is 17.0 Å². The normalized spacial score (nSPS) is 14.7. The Hall–Kier alpha value is -1.39. The van der Waals surface area contributed by atoms with Crippen LogP contribution in [-0.4, -0.2) is 30.9 Å². The topological polar surface area (TPSA) is 55.8 Å². The molecule has 0 aliphatic heterocycles. The standard InChI is InChI=1S/C16H24O4/c1-5-20-16(15(2,3)4,14(18)19-12-11-17)13-9-7-6-8-10-13/h6-10,17H,5,11-12H2,1-4H3. The number of hydrogen-bond donors (Lipinski definition) is 1. The lowest BCUT2D eigenvalue weighted by atomic mass is 9.72. The van der Waals surface area contributed by atoms with Crippen molar-refractivity contribution < 1.29 is 19.4 Å². The van der Waals surface area contributed by atoms with Crippen molar-refractivity contribution in [2.24, 2.45) is 5.41 Å². The highest BCUT2D eigenvalue weighted by Crippen LogP contribution is 2.43. The minimum atomic E-state index is -1.18. The number of ether oxygens (including phenoxy) is 2. The molecular weight excluding hydrogens is 256 g/mol. The summed E-state index contributed by atoms with van der Waals surface area (Å²) >= 11 is 0. The van der Waals surface area contributed by atoms with Gasteiger partial charge in [-0.3, -0.25) is 0 Å². The monoisotopic (exact) mass is 280 g/mol. The van der Waals surface area contributed by atoms with Crippen molar-refractivity contribution in [3.05, 3.63) is 35.9 Å². The van der Waals surface area contributed by atoms with Crippen molar-refractivity contribution in [3.8, 4) is 0 Å². The number of hydrogen-bond acceptors (Lipinski definition) is 4. The summed E-state index contributed by atoms with van der Waals surface area (Å²) in [7, 11) is 0. The number of benzene rings is 1. The zero-order valence-electron chi connectivity index (χ0n) is 12.7. The molecule has 0 saturated heterocycles. The van der Waals surface area contributed by atoms with Crippen molar-refractivity contribution in [3.63, 3.8) is 0 Å². The Morgan fingerprint density at radius 1 is 1.20 bits per heavy atom. The Morgan fingerprint density at radius 3 is 2.25 bits per heavy atom. The molecule has 0 bridgehead atoms. The molecule has 20 heavy (non-hydrogen) atoms. The van der Waals surface area contributed by atoms with Crippen LogP contribution in [0.2, 0.25) is 0 Å². The van der Waals surface area contributed by atoms with Gasteiger partial charge in [0.05, 0.1) is 6.61 Å². The Labute approximate surface area is 120 Å². The quantitative estimate of drug-likeness (QED) is 0.813. The minimum absolute atomic E-state index is 0.0312.